The van der Waals surface area contributed by atoms with E-state index in [2.05, 4.69) is 6.92 Å². The van der Waals surface area contributed by atoms with Gasteiger partial charge in [0.05, 0.1) is 32.1 Å². The fraction of sp³-hybridized carbons (Fsp3) is 1.00. The lowest BCUT2D eigenvalue weighted by Crippen LogP contribution is -2.05. The summed E-state index contributed by atoms with van der Waals surface area (Å²) >= 11 is 0. The number of hydrogen-bond donors (Lipinski definition) is 0. The highest BCUT2D eigenvalue weighted by Crippen LogP contribution is 2.52. The minimum absolute atomic E-state index is 0.217. The van der Waals surface area contributed by atoms with Gasteiger partial charge in [-0.3, -0.25) is 9.13 Å². The van der Waals surface area contributed by atoms with E-state index in [1.165, 1.54) is 7.11 Å². The van der Waals surface area contributed by atoms with E-state index in [-0.39, 0.29) is 12.3 Å². The van der Waals surface area contributed by atoms with Gasteiger partial charge >= 0.3 is 15.2 Å². The van der Waals surface area contributed by atoms with Gasteiger partial charge in [0.2, 0.25) is 0 Å². The molecule has 0 aromatic carbocycles. The molecule has 0 amide bonds. The van der Waals surface area contributed by atoms with Gasteiger partial charge in [-0.25, -0.2) is 0 Å². The summed E-state index contributed by atoms with van der Waals surface area (Å²) in [6.07, 6.45) is 4.63. The lowest BCUT2D eigenvalue weighted by Gasteiger charge is -2.20. The van der Waals surface area contributed by atoms with Crippen LogP contribution < -0.4 is 0 Å². The molecule has 0 aromatic rings. The Morgan fingerprint density at radius 1 is 0.727 bits per heavy atom. The molecule has 22 heavy (non-hydrogen) atoms. The maximum Gasteiger partial charge on any atom is 0.330 e. The van der Waals surface area contributed by atoms with Crippen molar-refractivity contribution in [3.05, 3.63) is 0 Å². The van der Waals surface area contributed by atoms with Crippen LogP contribution in [0.1, 0.15) is 52.9 Å². The fourth-order valence-corrected chi connectivity index (χ4v) is 5.17. The molecular weight excluding hydrogens is 326 g/mol. The van der Waals surface area contributed by atoms with Crippen LogP contribution in [0.2, 0.25) is 0 Å². The molecule has 0 saturated carbocycles. The van der Waals surface area contributed by atoms with Crippen molar-refractivity contribution in [1.29, 1.82) is 0 Å². The predicted octanol–water partition coefficient (Wildman–Crippen LogP) is 5.08. The zero-order valence-corrected chi connectivity index (χ0v) is 16.2. The van der Waals surface area contributed by atoms with E-state index in [1.54, 1.807) is 6.92 Å². The second-order valence-corrected chi connectivity index (χ2v) is 9.47. The van der Waals surface area contributed by atoms with Gasteiger partial charge in [0.15, 0.2) is 0 Å². The molecule has 0 aromatic heterocycles. The SMILES string of the molecule is CCCCCOP(=O)(CCCP(=O)(OC)OCC)OCCC. The van der Waals surface area contributed by atoms with Crippen LogP contribution in [-0.2, 0) is 27.2 Å². The molecule has 0 N–H and O–H groups in total. The average molecular weight is 358 g/mol. The zero-order chi connectivity index (χ0) is 16.9. The molecule has 0 bridgehead atoms. The van der Waals surface area contributed by atoms with Gasteiger partial charge in [0.25, 0.3) is 0 Å². The molecule has 0 radical (unpaired) electrons. The van der Waals surface area contributed by atoms with E-state index in [1.807, 2.05) is 6.92 Å². The first kappa shape index (κ1) is 22.3. The minimum atomic E-state index is -3.12. The van der Waals surface area contributed by atoms with Crippen molar-refractivity contribution < 1.29 is 27.2 Å². The molecule has 8 heteroatoms. The summed E-state index contributed by atoms with van der Waals surface area (Å²) in [6, 6.07) is 0. The quantitative estimate of drug-likeness (QED) is 0.300. The molecule has 134 valence electrons. The van der Waals surface area contributed by atoms with E-state index >= 15 is 0 Å². The topological polar surface area (TPSA) is 71.1 Å². The second-order valence-electron chi connectivity index (χ2n) is 5.00. The summed E-state index contributed by atoms with van der Waals surface area (Å²) in [5.41, 5.74) is 0. The van der Waals surface area contributed by atoms with Gasteiger partial charge in [-0.15, -0.1) is 0 Å². The molecule has 0 spiro atoms. The van der Waals surface area contributed by atoms with E-state index in [0.29, 0.717) is 26.2 Å². The van der Waals surface area contributed by atoms with Crippen LogP contribution >= 0.6 is 15.2 Å². The van der Waals surface area contributed by atoms with Crippen LogP contribution in [0, 0.1) is 0 Å². The van der Waals surface area contributed by atoms with Crippen LogP contribution in [0.25, 0.3) is 0 Å². The Morgan fingerprint density at radius 3 is 1.91 bits per heavy atom. The lowest BCUT2D eigenvalue weighted by molar-refractivity contribution is 0.201. The molecule has 0 aliphatic heterocycles. The Balaban J connectivity index is 4.38. The maximum atomic E-state index is 12.7. The zero-order valence-electron chi connectivity index (χ0n) is 14.4. The van der Waals surface area contributed by atoms with E-state index < -0.39 is 15.2 Å². The van der Waals surface area contributed by atoms with Gasteiger partial charge in [-0.1, -0.05) is 26.7 Å². The van der Waals surface area contributed by atoms with E-state index in [0.717, 1.165) is 25.7 Å². The first-order valence-electron chi connectivity index (χ1n) is 8.12. The average Bonchev–Trinajstić information content (AvgIpc) is 2.50. The molecule has 2 atom stereocenters. The van der Waals surface area contributed by atoms with Gasteiger partial charge in [0.1, 0.15) is 0 Å². The molecule has 0 saturated heterocycles. The van der Waals surface area contributed by atoms with Gasteiger partial charge < -0.3 is 18.1 Å². The van der Waals surface area contributed by atoms with Crippen LogP contribution in [0.5, 0.6) is 0 Å². The Morgan fingerprint density at radius 2 is 1.36 bits per heavy atom. The Kier molecular flexibility index (Phi) is 12.9. The number of rotatable bonds is 15. The minimum Gasteiger partial charge on any atom is -0.312 e. The normalized spacial score (nSPS) is 17.1. The van der Waals surface area contributed by atoms with Crippen molar-refractivity contribution in [2.24, 2.45) is 0 Å². The van der Waals surface area contributed by atoms with Crippen molar-refractivity contribution in [3.8, 4) is 0 Å². The Hall–Kier alpha value is 0.300. The van der Waals surface area contributed by atoms with E-state index in [9.17, 15) is 9.13 Å². The smallest absolute Gasteiger partial charge is 0.312 e. The largest absolute Gasteiger partial charge is 0.330 e. The molecule has 0 fully saturated rings. The summed E-state index contributed by atoms with van der Waals surface area (Å²) in [5.74, 6) is 0. The van der Waals surface area contributed by atoms with Crippen molar-refractivity contribution >= 4 is 15.2 Å². The van der Waals surface area contributed by atoms with Crippen molar-refractivity contribution in [2.75, 3.05) is 39.3 Å². The number of unbranched alkanes of at least 4 members (excludes halogenated alkanes) is 2. The number of hydrogen-bond acceptors (Lipinski definition) is 6. The molecule has 0 aliphatic rings. The molecular formula is C14H32O6P2. The van der Waals surface area contributed by atoms with Crippen molar-refractivity contribution in [3.63, 3.8) is 0 Å². The highest BCUT2D eigenvalue weighted by atomic mass is 31.2. The van der Waals surface area contributed by atoms with Gasteiger partial charge in [0, 0.05) is 7.11 Å². The van der Waals surface area contributed by atoms with Crippen molar-refractivity contribution in [2.45, 2.75) is 52.9 Å². The summed E-state index contributed by atoms with van der Waals surface area (Å²) in [6.45, 7) is 6.97. The third kappa shape index (κ3) is 10.1. The standard InChI is InChI=1S/C14H32O6P2/c1-5-8-9-12-20-22(16,19-11-6-2)14-10-13-21(15,17-4)18-7-3/h5-14H2,1-4H3. The first-order chi connectivity index (χ1) is 10.4. The molecule has 0 heterocycles. The van der Waals surface area contributed by atoms with Gasteiger partial charge in [-0.05, 0) is 26.2 Å². The van der Waals surface area contributed by atoms with Crippen LogP contribution in [0.4, 0.5) is 0 Å². The second kappa shape index (κ2) is 12.7. The molecule has 2 unspecified atom stereocenters. The summed E-state index contributed by atoms with van der Waals surface area (Å²) in [4.78, 5) is 0. The Bertz CT molecular complexity index is 361. The summed E-state index contributed by atoms with van der Waals surface area (Å²) in [7, 11) is -4.84. The van der Waals surface area contributed by atoms with Gasteiger partial charge in [-0.2, -0.15) is 0 Å². The summed E-state index contributed by atoms with van der Waals surface area (Å²) < 4.78 is 45.8. The summed E-state index contributed by atoms with van der Waals surface area (Å²) in [5, 5.41) is 0. The molecule has 6 nitrogen and oxygen atoms in total. The fourth-order valence-electron chi connectivity index (χ4n) is 1.82. The highest BCUT2D eigenvalue weighted by molar-refractivity contribution is 7.54. The first-order valence-corrected chi connectivity index (χ1v) is 11.6. The predicted molar refractivity (Wildman–Crippen MR) is 89.9 cm³/mol. The Labute approximate surface area is 135 Å². The highest BCUT2D eigenvalue weighted by Gasteiger charge is 2.28. The third-order valence-electron chi connectivity index (χ3n) is 3.00. The maximum absolute atomic E-state index is 12.7. The molecule has 0 rings (SSSR count). The van der Waals surface area contributed by atoms with Crippen LogP contribution in [0.3, 0.4) is 0 Å². The lowest BCUT2D eigenvalue weighted by atomic mass is 10.3. The van der Waals surface area contributed by atoms with Crippen LogP contribution in [-0.4, -0.2) is 39.3 Å². The third-order valence-corrected chi connectivity index (χ3v) is 7.08. The monoisotopic (exact) mass is 358 g/mol. The van der Waals surface area contributed by atoms with E-state index in [4.69, 9.17) is 18.1 Å². The van der Waals surface area contributed by atoms with Crippen LogP contribution in [0.15, 0.2) is 0 Å². The van der Waals surface area contributed by atoms with Crippen molar-refractivity contribution in [1.82, 2.24) is 0 Å². The molecule has 0 aliphatic carbocycles.